The number of hydrogen-bond donors (Lipinski definition) is 1. The van der Waals surface area contributed by atoms with E-state index >= 15 is 0 Å². The summed E-state index contributed by atoms with van der Waals surface area (Å²) in [6, 6.07) is 7.60. The third kappa shape index (κ3) is 3.05. The molecule has 0 radical (unpaired) electrons. The molecule has 3 rings (SSSR count). The molecule has 0 aliphatic rings. The topological polar surface area (TPSA) is 42.7 Å². The van der Waals surface area contributed by atoms with E-state index in [0.29, 0.717) is 8.67 Å². The van der Waals surface area contributed by atoms with Crippen LogP contribution in [0.5, 0.6) is 0 Å². The molecule has 0 fully saturated rings. The van der Waals surface area contributed by atoms with E-state index in [1.807, 2.05) is 37.4 Å². The number of halogens is 2. The van der Waals surface area contributed by atoms with Crippen molar-refractivity contribution in [3.8, 4) is 5.82 Å². The van der Waals surface area contributed by atoms with Crippen LogP contribution < -0.4 is 5.32 Å². The molecule has 3 aromatic heterocycles. The summed E-state index contributed by atoms with van der Waals surface area (Å²) in [6.45, 7) is 2.03. The van der Waals surface area contributed by atoms with Gasteiger partial charge in [0.05, 0.1) is 20.4 Å². The van der Waals surface area contributed by atoms with Crippen LogP contribution in [0.1, 0.15) is 18.5 Å². The number of anilines is 1. The van der Waals surface area contributed by atoms with Crippen molar-refractivity contribution < 1.29 is 0 Å². The predicted octanol–water partition coefficient (Wildman–Crippen LogP) is 4.81. The van der Waals surface area contributed by atoms with Crippen molar-refractivity contribution in [2.45, 2.75) is 13.0 Å². The number of hydrogen-bond acceptors (Lipinski definition) is 4. The van der Waals surface area contributed by atoms with Crippen LogP contribution >= 0.6 is 34.5 Å². The van der Waals surface area contributed by atoms with Crippen LogP contribution in [0.4, 0.5) is 5.69 Å². The molecule has 0 aromatic carbocycles. The van der Waals surface area contributed by atoms with Gasteiger partial charge < -0.3 is 5.32 Å². The molecule has 7 heteroatoms. The van der Waals surface area contributed by atoms with E-state index in [1.165, 1.54) is 11.3 Å². The largest absolute Gasteiger partial charge is 0.375 e. The van der Waals surface area contributed by atoms with Gasteiger partial charge in [0.25, 0.3) is 0 Å². The molecule has 21 heavy (non-hydrogen) atoms. The van der Waals surface area contributed by atoms with Crippen molar-refractivity contribution in [1.82, 2.24) is 14.8 Å². The Morgan fingerprint density at radius 1 is 1.29 bits per heavy atom. The summed E-state index contributed by atoms with van der Waals surface area (Å²) in [5.74, 6) is 0.742. The molecule has 1 N–H and O–H groups in total. The second kappa shape index (κ2) is 6.05. The van der Waals surface area contributed by atoms with Gasteiger partial charge in [-0.1, -0.05) is 23.2 Å². The first-order valence-electron chi connectivity index (χ1n) is 6.31. The Hall–Kier alpha value is -1.56. The molecule has 1 atom stereocenters. The van der Waals surface area contributed by atoms with Crippen LogP contribution in [-0.4, -0.2) is 14.8 Å². The lowest BCUT2D eigenvalue weighted by atomic mass is 10.2. The third-order valence-corrected chi connectivity index (χ3v) is 4.55. The van der Waals surface area contributed by atoms with Crippen molar-refractivity contribution in [2.75, 3.05) is 5.32 Å². The lowest BCUT2D eigenvalue weighted by Gasteiger charge is -2.17. The molecule has 0 saturated carbocycles. The number of rotatable bonds is 4. The van der Waals surface area contributed by atoms with Crippen LogP contribution in [0.15, 0.2) is 42.9 Å². The summed E-state index contributed by atoms with van der Waals surface area (Å²) >= 11 is 13.6. The zero-order valence-electron chi connectivity index (χ0n) is 11.1. The van der Waals surface area contributed by atoms with Crippen LogP contribution in [0, 0.1) is 0 Å². The number of thiophene rings is 1. The van der Waals surface area contributed by atoms with Crippen LogP contribution in [0.3, 0.4) is 0 Å². The minimum atomic E-state index is 0.0137. The summed E-state index contributed by atoms with van der Waals surface area (Å²) in [7, 11) is 0. The molecule has 0 aliphatic heterocycles. The molecule has 0 saturated heterocycles. The van der Waals surface area contributed by atoms with Crippen molar-refractivity contribution in [2.24, 2.45) is 0 Å². The molecule has 0 amide bonds. The fraction of sp³-hybridized carbons (Fsp3) is 0.143. The lowest BCUT2D eigenvalue weighted by molar-refractivity contribution is 0.831. The average Bonchev–Trinajstić information content (AvgIpc) is 3.09. The maximum Gasteiger partial charge on any atom is 0.176 e. The molecular weight excluding hydrogens is 327 g/mol. The van der Waals surface area contributed by atoms with Crippen LogP contribution in [-0.2, 0) is 0 Å². The van der Waals surface area contributed by atoms with Gasteiger partial charge in [0.1, 0.15) is 0 Å². The van der Waals surface area contributed by atoms with Gasteiger partial charge in [0.15, 0.2) is 5.82 Å². The number of nitrogens with zero attached hydrogens (tertiary/aromatic N) is 3. The van der Waals surface area contributed by atoms with E-state index in [4.69, 9.17) is 23.2 Å². The van der Waals surface area contributed by atoms with Gasteiger partial charge in [0.2, 0.25) is 0 Å². The Balaban J connectivity index is 1.90. The SMILES string of the molecule is CC(Nc1cccnc1-n1cccn1)c1cc(Cl)sc1Cl. The molecule has 3 heterocycles. The van der Waals surface area contributed by atoms with Crippen LogP contribution in [0.2, 0.25) is 8.67 Å². The van der Waals surface area contributed by atoms with Crippen molar-refractivity contribution in [3.05, 3.63) is 57.1 Å². The number of pyridine rings is 1. The first-order valence-corrected chi connectivity index (χ1v) is 7.88. The summed E-state index contributed by atoms with van der Waals surface area (Å²) in [4.78, 5) is 4.38. The fourth-order valence-electron chi connectivity index (χ4n) is 2.05. The molecule has 1 unspecified atom stereocenters. The lowest BCUT2D eigenvalue weighted by Crippen LogP contribution is -2.10. The molecule has 3 aromatic rings. The monoisotopic (exact) mass is 338 g/mol. The fourth-order valence-corrected chi connectivity index (χ4v) is 3.69. The van der Waals surface area contributed by atoms with Gasteiger partial charge in [-0.3, -0.25) is 0 Å². The first-order chi connectivity index (χ1) is 10.1. The summed E-state index contributed by atoms with van der Waals surface area (Å²) in [5, 5.41) is 7.63. The maximum atomic E-state index is 6.21. The van der Waals surface area contributed by atoms with E-state index < -0.39 is 0 Å². The first kappa shape index (κ1) is 14.4. The smallest absolute Gasteiger partial charge is 0.176 e. The number of nitrogens with one attached hydrogen (secondary N) is 1. The van der Waals surface area contributed by atoms with E-state index in [0.717, 1.165) is 17.1 Å². The van der Waals surface area contributed by atoms with Gasteiger partial charge >= 0.3 is 0 Å². The Bertz CT molecular complexity index is 739. The normalized spacial score (nSPS) is 12.3. The van der Waals surface area contributed by atoms with Crippen molar-refractivity contribution >= 4 is 40.2 Å². The standard InChI is InChI=1S/C14H12Cl2N4S/c1-9(10-8-12(15)21-13(10)16)19-11-4-2-5-17-14(11)20-7-3-6-18-20/h2-9,19H,1H3. The molecule has 108 valence electrons. The Morgan fingerprint density at radius 3 is 2.81 bits per heavy atom. The summed E-state index contributed by atoms with van der Waals surface area (Å²) < 4.78 is 3.10. The Kier molecular flexibility index (Phi) is 4.14. The van der Waals surface area contributed by atoms with Gasteiger partial charge in [-0.25, -0.2) is 9.67 Å². The number of aromatic nitrogens is 3. The second-order valence-electron chi connectivity index (χ2n) is 4.47. The van der Waals surface area contributed by atoms with E-state index in [-0.39, 0.29) is 6.04 Å². The summed E-state index contributed by atoms with van der Waals surface area (Å²) in [6.07, 6.45) is 5.31. The molecule has 0 spiro atoms. The minimum Gasteiger partial charge on any atom is -0.375 e. The highest BCUT2D eigenvalue weighted by Crippen LogP contribution is 2.36. The van der Waals surface area contributed by atoms with Gasteiger partial charge in [-0.05, 0) is 31.2 Å². The Labute approximate surface area is 136 Å². The quantitative estimate of drug-likeness (QED) is 0.742. The van der Waals surface area contributed by atoms with Gasteiger partial charge in [0, 0.05) is 24.2 Å². The summed E-state index contributed by atoms with van der Waals surface area (Å²) in [5.41, 5.74) is 1.86. The molecule has 0 aliphatic carbocycles. The highest BCUT2D eigenvalue weighted by atomic mass is 35.5. The highest BCUT2D eigenvalue weighted by molar-refractivity contribution is 7.20. The zero-order chi connectivity index (χ0) is 14.8. The average molecular weight is 339 g/mol. The molecular formula is C14H12Cl2N4S. The van der Waals surface area contributed by atoms with Gasteiger partial charge in [-0.2, -0.15) is 5.10 Å². The van der Waals surface area contributed by atoms with E-state index in [2.05, 4.69) is 15.4 Å². The van der Waals surface area contributed by atoms with E-state index in [9.17, 15) is 0 Å². The van der Waals surface area contributed by atoms with E-state index in [1.54, 1.807) is 17.1 Å². The van der Waals surface area contributed by atoms with Gasteiger partial charge in [-0.15, -0.1) is 11.3 Å². The zero-order valence-corrected chi connectivity index (χ0v) is 13.5. The van der Waals surface area contributed by atoms with Crippen molar-refractivity contribution in [1.29, 1.82) is 0 Å². The molecule has 0 bridgehead atoms. The maximum absolute atomic E-state index is 6.21. The third-order valence-electron chi connectivity index (χ3n) is 3.03. The second-order valence-corrected chi connectivity index (χ2v) is 6.76. The highest BCUT2D eigenvalue weighted by Gasteiger charge is 2.15. The van der Waals surface area contributed by atoms with Crippen molar-refractivity contribution in [3.63, 3.8) is 0 Å². The minimum absolute atomic E-state index is 0.0137. The van der Waals surface area contributed by atoms with Crippen LogP contribution in [0.25, 0.3) is 5.82 Å². The predicted molar refractivity (Wildman–Crippen MR) is 87.7 cm³/mol. The molecule has 4 nitrogen and oxygen atoms in total. The Morgan fingerprint density at radius 2 is 2.14 bits per heavy atom.